The summed E-state index contributed by atoms with van der Waals surface area (Å²) in [5.41, 5.74) is 0.491. The van der Waals surface area contributed by atoms with E-state index in [1.54, 1.807) is 19.2 Å². The molecule has 1 amide bonds. The number of alkyl halides is 5. The predicted octanol–water partition coefficient (Wildman–Crippen LogP) is 3.13. The lowest BCUT2D eigenvalue weighted by Gasteiger charge is -2.21. The molecule has 0 radical (unpaired) electrons. The van der Waals surface area contributed by atoms with Gasteiger partial charge in [-0.3, -0.25) is 4.79 Å². The molecule has 0 aliphatic heterocycles. The second-order valence-electron chi connectivity index (χ2n) is 3.95. The minimum atomic E-state index is -5.91. The smallest absolute Gasteiger partial charge is 0.343 e. The van der Waals surface area contributed by atoms with Crippen LogP contribution in [0.25, 0.3) is 0 Å². The molecule has 19 heavy (non-hydrogen) atoms. The van der Waals surface area contributed by atoms with Gasteiger partial charge in [0.05, 0.1) is 16.7 Å². The first-order chi connectivity index (χ1) is 8.46. The fraction of sp³-hybridized carbons (Fsp3) is 0.600. The molecule has 1 N–H and O–H groups in total. The molecule has 0 aliphatic carbocycles. The number of halogens is 5. The molecule has 0 aliphatic rings. The van der Waals surface area contributed by atoms with Gasteiger partial charge in [-0.15, -0.1) is 11.3 Å². The number of hydrogen-bond donors (Lipinski definition) is 1. The van der Waals surface area contributed by atoms with Crippen LogP contribution in [0.15, 0.2) is 0 Å². The monoisotopic (exact) mass is 302 g/mol. The number of aromatic nitrogens is 1. The van der Waals surface area contributed by atoms with Crippen molar-refractivity contribution in [2.24, 2.45) is 0 Å². The van der Waals surface area contributed by atoms with E-state index in [1.807, 2.05) is 0 Å². The number of rotatable bonds is 3. The highest BCUT2D eigenvalue weighted by Gasteiger charge is 2.63. The molecule has 0 spiro atoms. The number of hydrogen-bond acceptors (Lipinski definition) is 3. The van der Waals surface area contributed by atoms with Gasteiger partial charge in [-0.2, -0.15) is 22.0 Å². The summed E-state index contributed by atoms with van der Waals surface area (Å²) in [5.74, 6) is -7.77. The molecule has 3 nitrogen and oxygen atoms in total. The maximum Gasteiger partial charge on any atom is 0.463 e. The molecule has 1 aromatic heterocycles. The molecule has 1 atom stereocenters. The van der Waals surface area contributed by atoms with Crippen molar-refractivity contribution in [1.29, 1.82) is 0 Å². The van der Waals surface area contributed by atoms with Gasteiger partial charge in [0, 0.05) is 4.88 Å². The van der Waals surface area contributed by atoms with E-state index in [2.05, 4.69) is 4.98 Å². The van der Waals surface area contributed by atoms with E-state index in [1.165, 1.54) is 6.92 Å². The lowest BCUT2D eigenvalue weighted by Crippen LogP contribution is -2.50. The van der Waals surface area contributed by atoms with Crippen LogP contribution in [0.3, 0.4) is 0 Å². The van der Waals surface area contributed by atoms with Gasteiger partial charge in [0.15, 0.2) is 0 Å². The second-order valence-corrected chi connectivity index (χ2v) is 5.18. The Morgan fingerprint density at radius 1 is 1.26 bits per heavy atom. The second kappa shape index (κ2) is 5.03. The highest BCUT2D eigenvalue weighted by Crippen LogP contribution is 2.36. The highest BCUT2D eigenvalue weighted by atomic mass is 32.1. The number of aryl methyl sites for hydroxylation is 2. The predicted molar refractivity (Wildman–Crippen MR) is 59.1 cm³/mol. The fourth-order valence-corrected chi connectivity index (χ4v) is 2.36. The minimum absolute atomic E-state index is 0.448. The lowest BCUT2D eigenvalue weighted by atomic mass is 10.2. The van der Waals surface area contributed by atoms with E-state index in [0.29, 0.717) is 15.6 Å². The summed E-state index contributed by atoms with van der Waals surface area (Å²) in [4.78, 5) is 15.5. The van der Waals surface area contributed by atoms with Crippen LogP contribution in [-0.2, 0) is 4.79 Å². The molecule has 1 unspecified atom stereocenters. The van der Waals surface area contributed by atoms with Crippen molar-refractivity contribution in [1.82, 2.24) is 10.3 Å². The molecular formula is C10H11F5N2OS. The minimum Gasteiger partial charge on any atom is -0.343 e. The number of carbonyl (C=O) groups is 1. The average molecular weight is 302 g/mol. The van der Waals surface area contributed by atoms with Gasteiger partial charge < -0.3 is 5.32 Å². The van der Waals surface area contributed by atoms with Crippen LogP contribution in [0.5, 0.6) is 0 Å². The Morgan fingerprint density at radius 3 is 2.16 bits per heavy atom. The number of amides is 1. The van der Waals surface area contributed by atoms with Crippen LogP contribution in [0, 0.1) is 13.8 Å². The van der Waals surface area contributed by atoms with Crippen molar-refractivity contribution < 1.29 is 26.7 Å². The zero-order valence-corrected chi connectivity index (χ0v) is 11.0. The zero-order valence-electron chi connectivity index (χ0n) is 10.2. The maximum absolute atomic E-state index is 12.8. The first-order valence-electron chi connectivity index (χ1n) is 5.16. The summed E-state index contributed by atoms with van der Waals surface area (Å²) >= 11 is 1.13. The summed E-state index contributed by atoms with van der Waals surface area (Å²) in [7, 11) is 0. The average Bonchev–Trinajstić information content (AvgIpc) is 2.55. The molecule has 1 rings (SSSR count). The summed E-state index contributed by atoms with van der Waals surface area (Å²) in [6, 6.07) is -0.966. The van der Waals surface area contributed by atoms with Crippen LogP contribution in [-0.4, -0.2) is 23.0 Å². The van der Waals surface area contributed by atoms with Crippen molar-refractivity contribution in [2.75, 3.05) is 0 Å². The van der Waals surface area contributed by atoms with E-state index in [4.69, 9.17) is 0 Å². The van der Waals surface area contributed by atoms with E-state index in [0.717, 1.165) is 11.3 Å². The first kappa shape index (κ1) is 15.8. The molecule has 0 fully saturated rings. The van der Waals surface area contributed by atoms with Crippen molar-refractivity contribution in [3.8, 4) is 0 Å². The van der Waals surface area contributed by atoms with Crippen LogP contribution in [0.2, 0.25) is 0 Å². The van der Waals surface area contributed by atoms with Crippen LogP contribution in [0.4, 0.5) is 22.0 Å². The quantitative estimate of drug-likeness (QED) is 0.872. The Hall–Kier alpha value is -1.25. The normalized spacial score (nSPS) is 14.3. The Labute approximate surface area is 109 Å². The van der Waals surface area contributed by atoms with Crippen molar-refractivity contribution in [3.63, 3.8) is 0 Å². The highest BCUT2D eigenvalue weighted by molar-refractivity contribution is 7.11. The largest absolute Gasteiger partial charge is 0.463 e. The Kier molecular flexibility index (Phi) is 4.18. The van der Waals surface area contributed by atoms with Crippen molar-refractivity contribution >= 4 is 17.2 Å². The summed E-state index contributed by atoms with van der Waals surface area (Å²) in [6.07, 6.45) is -5.91. The first-order valence-corrected chi connectivity index (χ1v) is 5.98. The Morgan fingerprint density at radius 2 is 1.79 bits per heavy atom. The molecule has 1 aromatic rings. The Bertz CT molecular complexity index is 483. The van der Waals surface area contributed by atoms with E-state index < -0.39 is 24.0 Å². The Balaban J connectivity index is 2.86. The molecule has 0 saturated carbocycles. The third kappa shape index (κ3) is 3.20. The van der Waals surface area contributed by atoms with Crippen LogP contribution >= 0.6 is 11.3 Å². The van der Waals surface area contributed by atoms with Gasteiger partial charge in [0.25, 0.3) is 0 Å². The molecule has 108 valence electrons. The van der Waals surface area contributed by atoms with Gasteiger partial charge >= 0.3 is 18.0 Å². The molecule has 0 bridgehead atoms. The molecule has 9 heteroatoms. The van der Waals surface area contributed by atoms with Gasteiger partial charge in [-0.05, 0) is 20.8 Å². The number of thiazole rings is 1. The molecule has 0 aromatic carbocycles. The molecular weight excluding hydrogens is 291 g/mol. The van der Waals surface area contributed by atoms with Gasteiger partial charge in [-0.25, -0.2) is 4.98 Å². The maximum atomic E-state index is 12.8. The summed E-state index contributed by atoms with van der Waals surface area (Å²) in [5, 5.41) is 2.29. The fourth-order valence-electron chi connectivity index (χ4n) is 1.43. The van der Waals surface area contributed by atoms with Gasteiger partial charge in [0.1, 0.15) is 0 Å². The topological polar surface area (TPSA) is 42.0 Å². The lowest BCUT2D eigenvalue weighted by molar-refractivity contribution is -0.270. The van der Waals surface area contributed by atoms with E-state index >= 15 is 0 Å². The number of nitrogens with zero attached hydrogens (tertiary/aromatic N) is 1. The third-order valence-corrected chi connectivity index (χ3v) is 3.58. The van der Waals surface area contributed by atoms with E-state index in [9.17, 15) is 26.7 Å². The number of carbonyl (C=O) groups excluding carboxylic acids is 1. The SMILES string of the molecule is Cc1nc(C)c(C(C)NC(=O)C(F)(F)C(F)(F)F)s1. The third-order valence-electron chi connectivity index (χ3n) is 2.32. The molecule has 0 saturated heterocycles. The standard InChI is InChI=1S/C10H11F5N2OS/c1-4-7(19-6(3)16-4)5(2)17-8(18)9(11,12)10(13,14)15/h5H,1-3H3,(H,17,18). The van der Waals surface area contributed by atoms with Crippen molar-refractivity contribution in [3.05, 3.63) is 15.6 Å². The zero-order chi connectivity index (χ0) is 15.0. The molecule has 1 heterocycles. The summed E-state index contributed by atoms with van der Waals surface area (Å²) in [6.45, 7) is 4.58. The number of nitrogens with one attached hydrogen (secondary N) is 1. The van der Waals surface area contributed by atoms with Crippen LogP contribution < -0.4 is 5.32 Å². The van der Waals surface area contributed by atoms with Crippen molar-refractivity contribution in [2.45, 2.75) is 38.9 Å². The van der Waals surface area contributed by atoms with Crippen LogP contribution in [0.1, 0.15) is 28.5 Å². The summed E-state index contributed by atoms with van der Waals surface area (Å²) < 4.78 is 61.5. The van der Waals surface area contributed by atoms with E-state index in [-0.39, 0.29) is 0 Å². The van der Waals surface area contributed by atoms with Gasteiger partial charge in [-0.1, -0.05) is 0 Å². The van der Waals surface area contributed by atoms with Gasteiger partial charge in [0.2, 0.25) is 0 Å².